The van der Waals surface area contributed by atoms with Crippen LogP contribution in [-0.4, -0.2) is 31.8 Å². The first-order valence-electron chi connectivity index (χ1n) is 11.1. The van der Waals surface area contributed by atoms with Gasteiger partial charge in [-0.05, 0) is 55.6 Å². The molecule has 3 aliphatic rings. The largest absolute Gasteiger partial charge is 0.359 e. The number of hydrogen-bond acceptors (Lipinski definition) is 3. The molecule has 0 saturated heterocycles. The van der Waals surface area contributed by atoms with Gasteiger partial charge in [-0.25, -0.2) is 8.78 Å². The smallest absolute Gasteiger partial charge is 0.225 e. The van der Waals surface area contributed by atoms with Crippen molar-refractivity contribution in [2.75, 3.05) is 13.6 Å². The fourth-order valence-electron chi connectivity index (χ4n) is 5.34. The molecule has 3 amide bonds. The number of hydrogen-bond donors (Lipinski definition) is 3. The van der Waals surface area contributed by atoms with Crippen LogP contribution in [0.15, 0.2) is 12.1 Å². The maximum Gasteiger partial charge on any atom is 0.225 e. The molecule has 0 radical (unpaired) electrons. The topological polar surface area (TPSA) is 87.3 Å². The van der Waals surface area contributed by atoms with E-state index in [1.54, 1.807) is 0 Å². The van der Waals surface area contributed by atoms with E-state index in [9.17, 15) is 14.4 Å². The summed E-state index contributed by atoms with van der Waals surface area (Å²) in [5.74, 6) is -2.81. The molecule has 0 aromatic heterocycles. The maximum atomic E-state index is 15.2. The lowest BCUT2D eigenvalue weighted by Crippen LogP contribution is -2.47. The second-order valence-electron chi connectivity index (χ2n) is 9.00. The molecule has 1 aromatic rings. The van der Waals surface area contributed by atoms with E-state index in [1.165, 1.54) is 13.1 Å². The second-order valence-corrected chi connectivity index (χ2v) is 9.40. The van der Waals surface area contributed by atoms with Crippen molar-refractivity contribution in [2.45, 2.75) is 57.4 Å². The summed E-state index contributed by atoms with van der Waals surface area (Å²) in [6.07, 6.45) is 6.43. The van der Waals surface area contributed by atoms with Crippen LogP contribution in [0.3, 0.4) is 0 Å². The molecule has 2 atom stereocenters. The van der Waals surface area contributed by atoms with Gasteiger partial charge in [-0.3, -0.25) is 14.4 Å². The number of carbonyl (C=O) groups is 3. The van der Waals surface area contributed by atoms with Gasteiger partial charge < -0.3 is 16.0 Å². The van der Waals surface area contributed by atoms with Crippen LogP contribution in [0.5, 0.6) is 0 Å². The summed E-state index contributed by atoms with van der Waals surface area (Å²) in [7, 11) is 1.45. The summed E-state index contributed by atoms with van der Waals surface area (Å²) in [4.78, 5) is 36.0. The van der Waals surface area contributed by atoms with E-state index >= 15 is 8.78 Å². The van der Waals surface area contributed by atoms with Crippen molar-refractivity contribution in [1.29, 1.82) is 0 Å². The lowest BCUT2D eigenvalue weighted by atomic mass is 9.65. The molecule has 6 nitrogen and oxygen atoms in total. The highest BCUT2D eigenvalue weighted by atomic mass is 35.5. The second kappa shape index (κ2) is 10.6. The monoisotopic (exact) mass is 469 g/mol. The van der Waals surface area contributed by atoms with Crippen molar-refractivity contribution >= 4 is 29.8 Å². The van der Waals surface area contributed by atoms with E-state index in [0.717, 1.165) is 51.0 Å². The average molecular weight is 470 g/mol. The number of rotatable bonds is 9. The number of nitrogens with one attached hydrogen (secondary N) is 3. The van der Waals surface area contributed by atoms with Crippen LogP contribution >= 0.6 is 11.6 Å². The quantitative estimate of drug-likeness (QED) is 0.381. The molecule has 0 spiro atoms. The predicted molar refractivity (Wildman–Crippen MR) is 117 cm³/mol. The Labute approximate surface area is 191 Å². The number of amides is 3. The van der Waals surface area contributed by atoms with Gasteiger partial charge >= 0.3 is 0 Å². The summed E-state index contributed by atoms with van der Waals surface area (Å²) < 4.78 is 30.2. The van der Waals surface area contributed by atoms with E-state index < -0.39 is 34.9 Å². The van der Waals surface area contributed by atoms with E-state index in [-0.39, 0.29) is 29.5 Å². The summed E-state index contributed by atoms with van der Waals surface area (Å²) >= 11 is 6.00. The Hall–Kier alpha value is -2.22. The molecule has 32 heavy (non-hydrogen) atoms. The average Bonchev–Trinajstić information content (AvgIpc) is 3.13. The van der Waals surface area contributed by atoms with Gasteiger partial charge in [-0.1, -0.05) is 24.4 Å². The molecule has 2 bridgehead atoms. The van der Waals surface area contributed by atoms with Crippen molar-refractivity contribution < 1.29 is 23.2 Å². The molecule has 2 unspecified atom stereocenters. The summed E-state index contributed by atoms with van der Waals surface area (Å²) in [6, 6.07) is 1.36. The van der Waals surface area contributed by atoms with Gasteiger partial charge in [0.05, 0.1) is 17.0 Å². The maximum absolute atomic E-state index is 15.2. The highest BCUT2D eigenvalue weighted by Crippen LogP contribution is 2.55. The molecular weight excluding hydrogens is 440 g/mol. The van der Waals surface area contributed by atoms with Crippen molar-refractivity contribution in [3.8, 4) is 0 Å². The molecule has 176 valence electrons. The Balaban J connectivity index is 1.99. The first kappa shape index (κ1) is 24.4. The molecule has 3 saturated carbocycles. The van der Waals surface area contributed by atoms with Crippen LogP contribution in [0.2, 0.25) is 5.02 Å². The molecule has 1 aromatic carbocycles. The molecule has 0 aliphatic heterocycles. The Morgan fingerprint density at radius 2 is 1.94 bits per heavy atom. The summed E-state index contributed by atoms with van der Waals surface area (Å²) in [5.41, 5.74) is -0.724. The highest BCUT2D eigenvalue weighted by molar-refractivity contribution is 6.30. The van der Waals surface area contributed by atoms with Crippen LogP contribution in [0.1, 0.15) is 63.0 Å². The van der Waals surface area contributed by atoms with Crippen molar-refractivity contribution in [3.05, 3.63) is 34.4 Å². The molecular formula is C23H30ClF2N3O3. The lowest BCUT2D eigenvalue weighted by Gasteiger charge is -2.44. The Morgan fingerprint density at radius 1 is 1.22 bits per heavy atom. The first-order chi connectivity index (χ1) is 15.3. The third kappa shape index (κ3) is 5.22. The Bertz CT molecular complexity index is 854. The third-order valence-corrected chi connectivity index (χ3v) is 7.48. The van der Waals surface area contributed by atoms with Gasteiger partial charge in [0, 0.05) is 25.6 Å². The molecule has 3 N–H and O–H groups in total. The lowest BCUT2D eigenvalue weighted by molar-refractivity contribution is -0.131. The van der Waals surface area contributed by atoms with E-state index in [2.05, 4.69) is 16.0 Å². The Kier molecular flexibility index (Phi) is 8.09. The molecule has 3 fully saturated rings. The van der Waals surface area contributed by atoms with Gasteiger partial charge in [-0.2, -0.15) is 0 Å². The van der Waals surface area contributed by atoms with Crippen molar-refractivity contribution in [3.63, 3.8) is 0 Å². The van der Waals surface area contributed by atoms with E-state index in [1.807, 2.05) is 0 Å². The summed E-state index contributed by atoms with van der Waals surface area (Å²) in [5, 5.41) is 7.57. The fraction of sp³-hybridized carbons (Fsp3) is 0.609. The van der Waals surface area contributed by atoms with Gasteiger partial charge in [0.25, 0.3) is 0 Å². The van der Waals surface area contributed by atoms with E-state index in [4.69, 9.17) is 11.6 Å². The third-order valence-electron chi connectivity index (χ3n) is 7.18. The summed E-state index contributed by atoms with van der Waals surface area (Å²) in [6.45, 7) is -0.0644. The number of fused-ring (bicyclic) bond motifs is 4. The van der Waals surface area contributed by atoms with Crippen molar-refractivity contribution in [1.82, 2.24) is 16.0 Å². The molecule has 9 heteroatoms. The van der Waals surface area contributed by atoms with Crippen LogP contribution in [0.4, 0.5) is 8.78 Å². The standard InChI is InChI=1S/C23H30ClF2N3O3/c1-27-18(31)11-15(12-28-13-30)22(32)29-21(19-17(25)5-4-16(24)20(19)26)23-8-2-3-14(6-9-23)7-10-23/h4-5,13-15,21H,2-3,6-12H2,1H3,(H,27,31)(H,28,30)(H,29,32). The predicted octanol–water partition coefficient (Wildman–Crippen LogP) is 3.63. The Morgan fingerprint density at radius 3 is 2.59 bits per heavy atom. The minimum absolute atomic E-state index is 0.0644. The van der Waals surface area contributed by atoms with Crippen LogP contribution in [0.25, 0.3) is 0 Å². The van der Waals surface area contributed by atoms with Crippen LogP contribution in [0, 0.1) is 28.9 Å². The minimum atomic E-state index is -0.920. The first-order valence-corrected chi connectivity index (χ1v) is 11.5. The SMILES string of the molecule is CNC(=O)CC(CNC=O)C(=O)NC(c1c(F)ccc(Cl)c1F)C12CCCC(CC1)CC2. The van der Waals surface area contributed by atoms with Gasteiger partial charge in [-0.15, -0.1) is 0 Å². The van der Waals surface area contributed by atoms with E-state index in [0.29, 0.717) is 12.3 Å². The zero-order valence-electron chi connectivity index (χ0n) is 18.2. The molecule has 4 rings (SSSR count). The van der Waals surface area contributed by atoms with Crippen LogP contribution in [-0.2, 0) is 14.4 Å². The minimum Gasteiger partial charge on any atom is -0.359 e. The van der Waals surface area contributed by atoms with Gasteiger partial charge in [0.1, 0.15) is 11.6 Å². The number of halogens is 3. The molecule has 3 aliphatic carbocycles. The van der Waals surface area contributed by atoms with Crippen LogP contribution < -0.4 is 16.0 Å². The van der Waals surface area contributed by atoms with Crippen molar-refractivity contribution in [2.24, 2.45) is 17.3 Å². The highest BCUT2D eigenvalue weighted by Gasteiger charge is 2.47. The number of benzene rings is 1. The zero-order chi connectivity index (χ0) is 23.3. The number of carbonyl (C=O) groups excluding carboxylic acids is 3. The van der Waals surface area contributed by atoms with Gasteiger partial charge in [0.15, 0.2) is 0 Å². The molecule has 0 heterocycles. The zero-order valence-corrected chi connectivity index (χ0v) is 18.9. The van der Waals surface area contributed by atoms with Gasteiger partial charge in [0.2, 0.25) is 18.2 Å². The normalized spacial score (nSPS) is 24.2. The fourth-order valence-corrected chi connectivity index (χ4v) is 5.50.